The van der Waals surface area contributed by atoms with Gasteiger partial charge in [0.15, 0.2) is 17.8 Å². The highest BCUT2D eigenvalue weighted by molar-refractivity contribution is 6.31. The molecule has 0 spiro atoms. The van der Waals surface area contributed by atoms with Crippen LogP contribution in [0.1, 0.15) is 20.9 Å². The zero-order valence-electron chi connectivity index (χ0n) is 7.91. The molecule has 0 aliphatic heterocycles. The summed E-state index contributed by atoms with van der Waals surface area (Å²) in [4.78, 5) is 23.4. The first-order chi connectivity index (χ1) is 6.60. The highest BCUT2D eigenvalue weighted by Crippen LogP contribution is 2.23. The van der Waals surface area contributed by atoms with Crippen molar-refractivity contribution in [3.8, 4) is 0 Å². The van der Waals surface area contributed by atoms with Gasteiger partial charge in [-0.05, 0) is 0 Å². The molecule has 1 aromatic heterocycles. The summed E-state index contributed by atoms with van der Waals surface area (Å²) in [6.07, 6.45) is 0.554. The van der Waals surface area contributed by atoms with Crippen LogP contribution in [0.3, 0.4) is 0 Å². The Labute approximate surface area is 86.4 Å². The molecular weight excluding hydrogens is 206 g/mol. The number of carbonyl (C=O) groups excluding carboxylic acids is 2. The van der Waals surface area contributed by atoms with E-state index < -0.39 is 0 Å². The lowest BCUT2D eigenvalue weighted by molar-refractivity contribution is 0.102. The molecule has 0 aliphatic carbocycles. The molecule has 14 heavy (non-hydrogen) atoms. The summed E-state index contributed by atoms with van der Waals surface area (Å²) in [5.74, 6) is 0.103. The highest BCUT2D eigenvalue weighted by Gasteiger charge is 2.18. The number of alkyl halides is 1. The number of carbonyl (C=O) groups is 2. The number of ketones is 1. The largest absolute Gasteiger partial charge is 0.437 e. The van der Waals surface area contributed by atoms with Crippen LogP contribution in [0.4, 0.5) is 5.88 Å². The zero-order chi connectivity index (χ0) is 10.7. The van der Waals surface area contributed by atoms with E-state index in [9.17, 15) is 9.59 Å². The number of nitrogens with zero attached hydrogens (tertiary/aromatic N) is 1. The Morgan fingerprint density at radius 2 is 2.29 bits per heavy atom. The lowest BCUT2D eigenvalue weighted by Crippen LogP contribution is -2.12. The number of rotatable bonds is 4. The van der Waals surface area contributed by atoms with E-state index in [4.69, 9.17) is 16.0 Å². The molecule has 1 rings (SSSR count). The second-order valence-electron chi connectivity index (χ2n) is 2.94. The predicted molar refractivity (Wildman–Crippen MR) is 53.5 cm³/mol. The maximum atomic E-state index is 11.3. The number of hydrogen-bond acceptors (Lipinski definition) is 4. The van der Waals surface area contributed by atoms with Crippen molar-refractivity contribution in [1.29, 1.82) is 0 Å². The number of halogens is 1. The molecule has 0 radical (unpaired) electrons. The van der Waals surface area contributed by atoms with Crippen molar-refractivity contribution in [1.82, 2.24) is 0 Å². The lowest BCUT2D eigenvalue weighted by Gasteiger charge is -2.09. The van der Waals surface area contributed by atoms with Crippen LogP contribution in [0, 0.1) is 0 Å². The smallest absolute Gasteiger partial charge is 0.206 e. The van der Waals surface area contributed by atoms with E-state index in [1.165, 1.54) is 6.07 Å². The minimum absolute atomic E-state index is 0.126. The van der Waals surface area contributed by atoms with E-state index in [0.717, 1.165) is 0 Å². The fourth-order valence-corrected chi connectivity index (χ4v) is 1.21. The van der Waals surface area contributed by atoms with Crippen molar-refractivity contribution in [3.05, 3.63) is 17.4 Å². The van der Waals surface area contributed by atoms with E-state index in [-0.39, 0.29) is 17.4 Å². The van der Waals surface area contributed by atoms with Gasteiger partial charge in [0.2, 0.25) is 5.88 Å². The Bertz CT molecular complexity index is 357. The van der Waals surface area contributed by atoms with Crippen LogP contribution in [0.25, 0.3) is 0 Å². The Morgan fingerprint density at radius 3 is 2.71 bits per heavy atom. The SMILES string of the molecule is CN(C)c1oc(C=O)cc1C(=O)CCl. The number of furan rings is 1. The molecule has 76 valence electrons. The van der Waals surface area contributed by atoms with E-state index in [1.807, 2.05) is 0 Å². The summed E-state index contributed by atoms with van der Waals surface area (Å²) in [5.41, 5.74) is 0.340. The highest BCUT2D eigenvalue weighted by atomic mass is 35.5. The molecule has 0 aliphatic rings. The van der Waals surface area contributed by atoms with Gasteiger partial charge < -0.3 is 9.32 Å². The van der Waals surface area contributed by atoms with Crippen molar-refractivity contribution in [2.45, 2.75) is 0 Å². The second kappa shape index (κ2) is 4.28. The normalized spacial score (nSPS) is 9.93. The van der Waals surface area contributed by atoms with Gasteiger partial charge in [0.1, 0.15) is 0 Å². The van der Waals surface area contributed by atoms with Gasteiger partial charge in [-0.1, -0.05) is 0 Å². The molecule has 0 N–H and O–H groups in total. The van der Waals surface area contributed by atoms with Gasteiger partial charge in [-0.25, -0.2) is 0 Å². The van der Waals surface area contributed by atoms with Gasteiger partial charge in [-0.2, -0.15) is 0 Å². The third-order valence-corrected chi connectivity index (χ3v) is 1.92. The Balaban J connectivity index is 3.18. The van der Waals surface area contributed by atoms with Crippen LogP contribution in [0.2, 0.25) is 0 Å². The van der Waals surface area contributed by atoms with Crippen molar-refractivity contribution in [2.75, 3.05) is 24.9 Å². The molecule has 1 aromatic rings. The molecule has 0 saturated carbocycles. The summed E-state index contributed by atoms with van der Waals surface area (Å²) in [7, 11) is 3.44. The molecule has 0 bridgehead atoms. The molecule has 0 amide bonds. The molecule has 0 atom stereocenters. The maximum Gasteiger partial charge on any atom is 0.206 e. The Kier molecular flexibility index (Phi) is 3.30. The molecule has 0 unspecified atom stereocenters. The van der Waals surface area contributed by atoms with Gasteiger partial charge >= 0.3 is 0 Å². The Morgan fingerprint density at radius 1 is 1.64 bits per heavy atom. The monoisotopic (exact) mass is 215 g/mol. The van der Waals surface area contributed by atoms with E-state index in [1.54, 1.807) is 19.0 Å². The second-order valence-corrected chi connectivity index (χ2v) is 3.20. The van der Waals surface area contributed by atoms with Crippen LogP contribution >= 0.6 is 11.6 Å². The third kappa shape index (κ3) is 1.96. The average molecular weight is 216 g/mol. The standard InChI is InChI=1S/C9H10ClNO3/c1-11(2)9-7(8(13)4-10)3-6(5-12)14-9/h3,5H,4H2,1-2H3. The van der Waals surface area contributed by atoms with Crippen LogP contribution < -0.4 is 4.90 Å². The zero-order valence-corrected chi connectivity index (χ0v) is 8.67. The van der Waals surface area contributed by atoms with Crippen molar-refractivity contribution < 1.29 is 14.0 Å². The first kappa shape index (κ1) is 10.8. The fourth-order valence-electron chi connectivity index (χ4n) is 1.06. The summed E-state index contributed by atoms with van der Waals surface area (Å²) < 4.78 is 5.13. The quantitative estimate of drug-likeness (QED) is 0.435. The number of hydrogen-bond donors (Lipinski definition) is 0. The summed E-state index contributed by atoms with van der Waals surface area (Å²) in [6, 6.07) is 1.40. The van der Waals surface area contributed by atoms with E-state index >= 15 is 0 Å². The van der Waals surface area contributed by atoms with Crippen molar-refractivity contribution >= 4 is 29.6 Å². The van der Waals surface area contributed by atoms with Gasteiger partial charge in [0.05, 0.1) is 11.4 Å². The van der Waals surface area contributed by atoms with Crippen LogP contribution in [-0.4, -0.2) is 32.0 Å². The van der Waals surface area contributed by atoms with Gasteiger partial charge in [-0.15, -0.1) is 11.6 Å². The molecule has 1 heterocycles. The first-order valence-corrected chi connectivity index (χ1v) is 4.49. The number of aldehydes is 1. The average Bonchev–Trinajstić information content (AvgIpc) is 2.60. The van der Waals surface area contributed by atoms with Crippen molar-refractivity contribution in [2.24, 2.45) is 0 Å². The summed E-state index contributed by atoms with van der Waals surface area (Å²) >= 11 is 5.42. The molecule has 0 aromatic carbocycles. The van der Waals surface area contributed by atoms with Gasteiger partial charge in [0.25, 0.3) is 0 Å². The minimum atomic E-state index is -0.257. The summed E-state index contributed by atoms with van der Waals surface area (Å²) in [5, 5.41) is 0. The molecule has 0 fully saturated rings. The summed E-state index contributed by atoms with van der Waals surface area (Å²) in [6.45, 7) is 0. The first-order valence-electron chi connectivity index (χ1n) is 3.95. The molecule has 5 heteroatoms. The minimum Gasteiger partial charge on any atom is -0.437 e. The number of anilines is 1. The van der Waals surface area contributed by atoms with E-state index in [0.29, 0.717) is 17.7 Å². The third-order valence-electron chi connectivity index (χ3n) is 1.68. The maximum absolute atomic E-state index is 11.3. The lowest BCUT2D eigenvalue weighted by atomic mass is 10.2. The topological polar surface area (TPSA) is 50.5 Å². The van der Waals surface area contributed by atoms with Crippen molar-refractivity contribution in [3.63, 3.8) is 0 Å². The predicted octanol–water partition coefficient (Wildman–Crippen LogP) is 1.58. The van der Waals surface area contributed by atoms with Crippen LogP contribution in [0.5, 0.6) is 0 Å². The van der Waals surface area contributed by atoms with Gasteiger partial charge in [-0.3, -0.25) is 9.59 Å². The Hall–Kier alpha value is -1.29. The number of Topliss-reactive ketones (excluding diaryl/α,β-unsaturated/α-hetero) is 1. The molecular formula is C9H10ClNO3. The van der Waals surface area contributed by atoms with Crippen LogP contribution in [-0.2, 0) is 0 Å². The molecule has 4 nitrogen and oxygen atoms in total. The van der Waals surface area contributed by atoms with E-state index in [2.05, 4.69) is 0 Å². The van der Waals surface area contributed by atoms with Gasteiger partial charge in [0, 0.05) is 20.2 Å². The molecule has 0 saturated heterocycles. The fraction of sp³-hybridized carbons (Fsp3) is 0.333. The van der Waals surface area contributed by atoms with Crippen LogP contribution in [0.15, 0.2) is 10.5 Å².